The highest BCUT2D eigenvalue weighted by Gasteiger charge is 2.22. The van der Waals surface area contributed by atoms with Crippen molar-refractivity contribution in [1.82, 2.24) is 19.3 Å². The van der Waals surface area contributed by atoms with E-state index in [2.05, 4.69) is 29.2 Å². The van der Waals surface area contributed by atoms with E-state index in [9.17, 15) is 22.8 Å². The van der Waals surface area contributed by atoms with Crippen LogP contribution in [0.3, 0.4) is 0 Å². The second-order valence-electron chi connectivity index (χ2n) is 9.64. The van der Waals surface area contributed by atoms with Gasteiger partial charge < -0.3 is 5.32 Å². The Bertz CT molecular complexity index is 1570. The van der Waals surface area contributed by atoms with Gasteiger partial charge in [-0.15, -0.1) is 0 Å². The molecule has 4 rings (SSSR count). The molecule has 204 valence electrons. The Balaban J connectivity index is 1.82. The molecular formula is C28H27ClF3N5O2. The van der Waals surface area contributed by atoms with Crippen molar-refractivity contribution in [3.8, 4) is 22.5 Å². The van der Waals surface area contributed by atoms with Gasteiger partial charge in [-0.05, 0) is 48.2 Å². The van der Waals surface area contributed by atoms with Gasteiger partial charge >= 0.3 is 0 Å². The van der Waals surface area contributed by atoms with E-state index in [1.165, 1.54) is 33.9 Å². The van der Waals surface area contributed by atoms with Crippen molar-refractivity contribution in [3.63, 3.8) is 0 Å². The molecule has 4 aromatic rings. The molecule has 0 bridgehead atoms. The third kappa shape index (κ3) is 6.06. The molecule has 1 unspecified atom stereocenters. The van der Waals surface area contributed by atoms with Crippen LogP contribution in [0.1, 0.15) is 44.7 Å². The van der Waals surface area contributed by atoms with Crippen molar-refractivity contribution in [2.45, 2.75) is 39.2 Å². The van der Waals surface area contributed by atoms with Gasteiger partial charge in [-0.1, -0.05) is 38.3 Å². The first-order chi connectivity index (χ1) is 18.6. The molecule has 39 heavy (non-hydrogen) atoms. The number of hydrogen-bond acceptors (Lipinski definition) is 4. The predicted octanol–water partition coefficient (Wildman–Crippen LogP) is 6.37. The smallest absolute Gasteiger partial charge is 0.254 e. The van der Waals surface area contributed by atoms with Crippen molar-refractivity contribution in [3.05, 3.63) is 87.3 Å². The van der Waals surface area contributed by atoms with Crippen molar-refractivity contribution >= 4 is 23.7 Å². The first-order valence-corrected chi connectivity index (χ1v) is 12.7. The van der Waals surface area contributed by atoms with E-state index in [0.717, 1.165) is 31.0 Å². The van der Waals surface area contributed by atoms with Gasteiger partial charge in [0, 0.05) is 18.7 Å². The van der Waals surface area contributed by atoms with Crippen LogP contribution < -0.4 is 10.9 Å². The Morgan fingerprint density at radius 2 is 1.87 bits per heavy atom. The standard InChI is InChI=1S/C28H27ClF3N5O2/c1-16(2)5-4-6-24(17-9-18(11-19(30)10-17)28-23(34-15-38)13-35-36(28)3)37-14-33-22(12-25(37)39)26-21(31)8-7-20(29)27(26)32/h7-16,24H,4-6H2,1-3H3,(H,34,38). The van der Waals surface area contributed by atoms with Crippen LogP contribution in [0.4, 0.5) is 18.9 Å². The van der Waals surface area contributed by atoms with Crippen LogP contribution in [0.2, 0.25) is 5.02 Å². The lowest BCUT2D eigenvalue weighted by Gasteiger charge is -2.22. The largest absolute Gasteiger partial charge is 0.326 e. The molecule has 11 heteroatoms. The second-order valence-corrected chi connectivity index (χ2v) is 10.1. The number of amides is 1. The van der Waals surface area contributed by atoms with Gasteiger partial charge in [0.1, 0.15) is 11.6 Å². The molecule has 1 amide bonds. The summed E-state index contributed by atoms with van der Waals surface area (Å²) in [5, 5.41) is 6.42. The molecule has 0 radical (unpaired) electrons. The van der Waals surface area contributed by atoms with Gasteiger partial charge in [0.15, 0.2) is 5.82 Å². The highest BCUT2D eigenvalue weighted by atomic mass is 35.5. The number of carbonyl (C=O) groups excluding carboxylic acids is 1. The zero-order chi connectivity index (χ0) is 28.3. The minimum atomic E-state index is -1.01. The van der Waals surface area contributed by atoms with Gasteiger partial charge in [0.05, 0.1) is 46.2 Å². The van der Waals surface area contributed by atoms with Crippen molar-refractivity contribution < 1.29 is 18.0 Å². The second kappa shape index (κ2) is 11.9. The Labute approximate surface area is 228 Å². The molecule has 0 saturated heterocycles. The lowest BCUT2D eigenvalue weighted by Crippen LogP contribution is -2.26. The number of carbonyl (C=O) groups is 1. The fraction of sp³-hybridized carbons (Fsp3) is 0.286. The van der Waals surface area contributed by atoms with Gasteiger partial charge in [-0.2, -0.15) is 5.10 Å². The zero-order valence-corrected chi connectivity index (χ0v) is 22.3. The van der Waals surface area contributed by atoms with Crippen LogP contribution in [0.25, 0.3) is 22.5 Å². The summed E-state index contributed by atoms with van der Waals surface area (Å²) in [7, 11) is 1.66. The lowest BCUT2D eigenvalue weighted by molar-refractivity contribution is -0.105. The summed E-state index contributed by atoms with van der Waals surface area (Å²) >= 11 is 5.82. The minimum Gasteiger partial charge on any atom is -0.326 e. The summed E-state index contributed by atoms with van der Waals surface area (Å²) in [6, 6.07) is 6.88. The van der Waals surface area contributed by atoms with E-state index in [1.54, 1.807) is 13.1 Å². The molecule has 2 aromatic heterocycles. The summed E-state index contributed by atoms with van der Waals surface area (Å²) in [5.41, 5.74) is 0.554. The maximum Gasteiger partial charge on any atom is 0.254 e. The zero-order valence-electron chi connectivity index (χ0n) is 21.6. The monoisotopic (exact) mass is 557 g/mol. The molecule has 0 saturated carbocycles. The Kier molecular flexibility index (Phi) is 8.54. The molecule has 7 nitrogen and oxygen atoms in total. The van der Waals surface area contributed by atoms with Crippen molar-refractivity contribution in [2.24, 2.45) is 13.0 Å². The topological polar surface area (TPSA) is 81.8 Å². The molecule has 0 fully saturated rings. The van der Waals surface area contributed by atoms with Gasteiger partial charge in [-0.25, -0.2) is 18.2 Å². The molecular weight excluding hydrogens is 531 g/mol. The molecule has 1 N–H and O–H groups in total. The van der Waals surface area contributed by atoms with Crippen LogP contribution >= 0.6 is 11.6 Å². The summed E-state index contributed by atoms with van der Waals surface area (Å²) in [6.45, 7) is 4.16. The van der Waals surface area contributed by atoms with Crippen LogP contribution in [0.5, 0.6) is 0 Å². The SMILES string of the molecule is CC(C)CCCC(c1cc(F)cc(-c2c(NC=O)cnn2C)c1)n1cnc(-c2c(F)ccc(Cl)c2F)cc1=O. The first kappa shape index (κ1) is 28.1. The quantitative estimate of drug-likeness (QED) is 0.181. The third-order valence-corrected chi connectivity index (χ3v) is 6.75. The van der Waals surface area contributed by atoms with Gasteiger partial charge in [-0.3, -0.25) is 18.8 Å². The molecule has 2 aromatic carbocycles. The molecule has 2 heterocycles. The van der Waals surface area contributed by atoms with E-state index in [4.69, 9.17) is 11.6 Å². The highest BCUT2D eigenvalue weighted by Crippen LogP contribution is 2.33. The minimum absolute atomic E-state index is 0.200. The predicted molar refractivity (Wildman–Crippen MR) is 144 cm³/mol. The Hall–Kier alpha value is -3.92. The lowest BCUT2D eigenvalue weighted by atomic mass is 9.95. The molecule has 0 aliphatic heterocycles. The number of aromatic nitrogens is 4. The number of rotatable bonds is 10. The van der Waals surface area contributed by atoms with E-state index >= 15 is 0 Å². The average molecular weight is 558 g/mol. The summed E-state index contributed by atoms with van der Waals surface area (Å²) < 4.78 is 46.9. The maximum absolute atomic E-state index is 15.0. The number of nitrogens with zero attached hydrogens (tertiary/aromatic N) is 4. The maximum atomic E-state index is 15.0. The van der Waals surface area contributed by atoms with Gasteiger partial charge in [0.25, 0.3) is 5.56 Å². The van der Waals surface area contributed by atoms with E-state index < -0.39 is 34.6 Å². The fourth-order valence-corrected chi connectivity index (χ4v) is 4.78. The summed E-state index contributed by atoms with van der Waals surface area (Å²) in [6.07, 6.45) is 5.25. The van der Waals surface area contributed by atoms with Crippen molar-refractivity contribution in [2.75, 3.05) is 5.32 Å². The van der Waals surface area contributed by atoms with E-state index in [0.29, 0.717) is 41.3 Å². The number of hydrogen-bond donors (Lipinski definition) is 1. The molecule has 0 aliphatic carbocycles. The van der Waals surface area contributed by atoms with E-state index in [1.807, 2.05) is 0 Å². The number of halogens is 4. The molecule has 0 spiro atoms. The van der Waals surface area contributed by atoms with Gasteiger partial charge in [0.2, 0.25) is 6.41 Å². The average Bonchev–Trinajstić information content (AvgIpc) is 3.24. The van der Waals surface area contributed by atoms with E-state index in [-0.39, 0.29) is 10.7 Å². The summed E-state index contributed by atoms with van der Waals surface area (Å²) in [4.78, 5) is 28.6. The summed E-state index contributed by atoms with van der Waals surface area (Å²) in [5.74, 6) is -2.05. The van der Waals surface area contributed by atoms with Crippen LogP contribution in [-0.2, 0) is 11.8 Å². The Morgan fingerprint density at radius 3 is 2.56 bits per heavy atom. The normalized spacial score (nSPS) is 12.1. The fourth-order valence-electron chi connectivity index (χ4n) is 4.62. The molecule has 0 aliphatic rings. The number of aryl methyl sites for hydroxylation is 1. The van der Waals surface area contributed by atoms with Crippen molar-refractivity contribution in [1.29, 1.82) is 0 Å². The highest BCUT2D eigenvalue weighted by molar-refractivity contribution is 6.31. The first-order valence-electron chi connectivity index (χ1n) is 12.4. The van der Waals surface area contributed by atoms with Crippen LogP contribution in [0.15, 0.2) is 53.7 Å². The van der Waals surface area contributed by atoms with Crippen LogP contribution in [0, 0.1) is 23.4 Å². The number of benzene rings is 2. The van der Waals surface area contributed by atoms with Crippen LogP contribution in [-0.4, -0.2) is 25.7 Å². The number of anilines is 1. The number of nitrogens with one attached hydrogen (secondary N) is 1. The third-order valence-electron chi connectivity index (χ3n) is 6.46. The Morgan fingerprint density at radius 1 is 1.10 bits per heavy atom. The molecule has 1 atom stereocenters.